The van der Waals surface area contributed by atoms with Crippen molar-refractivity contribution >= 4 is 16.0 Å². The van der Waals surface area contributed by atoms with Crippen LogP contribution in [0.2, 0.25) is 0 Å². The molecule has 0 spiro atoms. The summed E-state index contributed by atoms with van der Waals surface area (Å²) in [6.45, 7) is 5.95. The molecule has 0 atom stereocenters. The van der Waals surface area contributed by atoms with Crippen LogP contribution < -0.4 is 4.90 Å². The van der Waals surface area contributed by atoms with E-state index < -0.39 is 10.0 Å². The Bertz CT molecular complexity index is 790. The first-order valence-corrected chi connectivity index (χ1v) is 9.01. The van der Waals surface area contributed by atoms with Crippen molar-refractivity contribution in [1.82, 2.24) is 19.1 Å². The normalized spacial score (nSPS) is 16.7. The molecule has 0 aliphatic carbocycles. The second kappa shape index (κ2) is 5.93. The van der Waals surface area contributed by atoms with E-state index in [1.54, 1.807) is 12.1 Å². The van der Waals surface area contributed by atoms with Crippen LogP contribution in [0.15, 0.2) is 29.2 Å². The van der Waals surface area contributed by atoms with Gasteiger partial charge in [0.1, 0.15) is 5.82 Å². The lowest BCUT2D eigenvalue weighted by atomic mass is 10.2. The summed E-state index contributed by atoms with van der Waals surface area (Å²) in [6.07, 6.45) is 0. The van der Waals surface area contributed by atoms with Crippen LogP contribution in [0, 0.1) is 13.8 Å². The van der Waals surface area contributed by atoms with E-state index in [0.717, 1.165) is 17.3 Å². The fraction of sp³-hybridized carbons (Fsp3) is 0.467. The Kier molecular flexibility index (Phi) is 4.11. The van der Waals surface area contributed by atoms with Crippen LogP contribution >= 0.6 is 0 Å². The van der Waals surface area contributed by atoms with Crippen LogP contribution in [0.25, 0.3) is 0 Å². The maximum absolute atomic E-state index is 12.7. The molecule has 1 fully saturated rings. The maximum Gasteiger partial charge on any atom is 0.243 e. The van der Waals surface area contributed by atoms with E-state index in [-0.39, 0.29) is 0 Å². The highest BCUT2D eigenvalue weighted by Gasteiger charge is 2.29. The molecule has 1 aliphatic heterocycles. The zero-order valence-corrected chi connectivity index (χ0v) is 14.4. The molecular weight excluding hydrogens is 314 g/mol. The molecule has 2 heterocycles. The standard InChI is InChI=1S/C15H21N5O2S/c1-12-4-6-14(7-5-12)23(21,22)20-10-8-19(9-11-20)15-17-16-13(2)18(15)3/h4-7H,8-11H2,1-3H3. The van der Waals surface area contributed by atoms with Gasteiger partial charge in [0.15, 0.2) is 0 Å². The molecule has 8 heteroatoms. The molecular formula is C15H21N5O2S. The van der Waals surface area contributed by atoms with Gasteiger partial charge in [-0.2, -0.15) is 4.31 Å². The molecule has 1 aliphatic rings. The van der Waals surface area contributed by atoms with Gasteiger partial charge < -0.3 is 9.47 Å². The number of hydrogen-bond donors (Lipinski definition) is 0. The van der Waals surface area contributed by atoms with Crippen molar-refractivity contribution in [1.29, 1.82) is 0 Å². The lowest BCUT2D eigenvalue weighted by molar-refractivity contribution is 0.381. The van der Waals surface area contributed by atoms with Gasteiger partial charge >= 0.3 is 0 Å². The summed E-state index contributed by atoms with van der Waals surface area (Å²) < 4.78 is 28.8. The smallest absolute Gasteiger partial charge is 0.243 e. The highest BCUT2D eigenvalue weighted by molar-refractivity contribution is 7.89. The highest BCUT2D eigenvalue weighted by Crippen LogP contribution is 2.20. The number of benzene rings is 1. The summed E-state index contributed by atoms with van der Waals surface area (Å²) in [5.41, 5.74) is 1.05. The van der Waals surface area contributed by atoms with Crippen molar-refractivity contribution in [2.75, 3.05) is 31.1 Å². The number of nitrogens with zero attached hydrogens (tertiary/aromatic N) is 5. The first-order valence-electron chi connectivity index (χ1n) is 7.57. The van der Waals surface area contributed by atoms with Gasteiger partial charge in [-0.3, -0.25) is 0 Å². The number of anilines is 1. The van der Waals surface area contributed by atoms with Crippen molar-refractivity contribution < 1.29 is 8.42 Å². The van der Waals surface area contributed by atoms with Gasteiger partial charge in [0.25, 0.3) is 0 Å². The Hall–Kier alpha value is -1.93. The van der Waals surface area contributed by atoms with Gasteiger partial charge in [0, 0.05) is 33.2 Å². The number of aryl methyl sites for hydroxylation is 2. The molecule has 0 unspecified atom stereocenters. The molecule has 0 radical (unpaired) electrons. The zero-order chi connectivity index (χ0) is 16.6. The molecule has 3 rings (SSSR count). The Labute approximate surface area is 136 Å². The van der Waals surface area contributed by atoms with Crippen LogP contribution in [0.1, 0.15) is 11.4 Å². The number of hydrogen-bond acceptors (Lipinski definition) is 5. The summed E-state index contributed by atoms with van der Waals surface area (Å²) in [6, 6.07) is 6.99. The van der Waals surface area contributed by atoms with E-state index in [0.29, 0.717) is 31.1 Å². The first kappa shape index (κ1) is 15.9. The van der Waals surface area contributed by atoms with E-state index in [9.17, 15) is 8.42 Å². The maximum atomic E-state index is 12.7. The molecule has 1 aromatic heterocycles. The summed E-state index contributed by atoms with van der Waals surface area (Å²) in [4.78, 5) is 2.42. The van der Waals surface area contributed by atoms with Crippen molar-refractivity contribution in [3.05, 3.63) is 35.7 Å². The van der Waals surface area contributed by atoms with Crippen LogP contribution in [-0.4, -0.2) is 53.7 Å². The van der Waals surface area contributed by atoms with Gasteiger partial charge in [0.2, 0.25) is 16.0 Å². The second-order valence-corrected chi connectivity index (χ2v) is 7.75. The van der Waals surface area contributed by atoms with E-state index >= 15 is 0 Å². The summed E-state index contributed by atoms with van der Waals surface area (Å²) in [5, 5.41) is 8.22. The third-order valence-corrected chi connectivity index (χ3v) is 6.16. The number of rotatable bonds is 3. The lowest BCUT2D eigenvalue weighted by Crippen LogP contribution is -2.49. The average Bonchev–Trinajstić information content (AvgIpc) is 2.87. The van der Waals surface area contributed by atoms with Gasteiger partial charge in [0.05, 0.1) is 4.90 Å². The van der Waals surface area contributed by atoms with Gasteiger partial charge in [-0.1, -0.05) is 17.7 Å². The Morgan fingerprint density at radius 1 is 0.957 bits per heavy atom. The molecule has 7 nitrogen and oxygen atoms in total. The lowest BCUT2D eigenvalue weighted by Gasteiger charge is -2.34. The van der Waals surface area contributed by atoms with Crippen molar-refractivity contribution in [3.8, 4) is 0 Å². The summed E-state index contributed by atoms with van der Waals surface area (Å²) >= 11 is 0. The average molecular weight is 335 g/mol. The monoisotopic (exact) mass is 335 g/mol. The SMILES string of the molecule is Cc1ccc(S(=O)(=O)N2CCN(c3nnc(C)n3C)CC2)cc1. The highest BCUT2D eigenvalue weighted by atomic mass is 32.2. The quantitative estimate of drug-likeness (QED) is 0.835. The van der Waals surface area contributed by atoms with Crippen LogP contribution in [0.3, 0.4) is 0 Å². The molecule has 2 aromatic rings. The van der Waals surface area contributed by atoms with Crippen LogP contribution in [-0.2, 0) is 17.1 Å². The Balaban J connectivity index is 1.73. The third-order valence-electron chi connectivity index (χ3n) is 4.25. The molecule has 124 valence electrons. The van der Waals surface area contributed by atoms with E-state index in [2.05, 4.69) is 15.1 Å². The fourth-order valence-corrected chi connectivity index (χ4v) is 4.08. The van der Waals surface area contributed by atoms with Gasteiger partial charge in [-0.25, -0.2) is 8.42 Å². The minimum Gasteiger partial charge on any atom is -0.338 e. The minimum absolute atomic E-state index is 0.353. The summed E-state index contributed by atoms with van der Waals surface area (Å²) in [7, 11) is -1.51. The van der Waals surface area contributed by atoms with Crippen molar-refractivity contribution in [2.45, 2.75) is 18.7 Å². The third kappa shape index (κ3) is 2.96. The number of sulfonamides is 1. The van der Waals surface area contributed by atoms with Crippen molar-refractivity contribution in [2.24, 2.45) is 7.05 Å². The zero-order valence-electron chi connectivity index (χ0n) is 13.6. The Morgan fingerprint density at radius 3 is 2.09 bits per heavy atom. The van der Waals surface area contributed by atoms with Crippen LogP contribution in [0.4, 0.5) is 5.95 Å². The largest absolute Gasteiger partial charge is 0.338 e. The topological polar surface area (TPSA) is 71.3 Å². The first-order chi connectivity index (χ1) is 10.9. The number of piperazine rings is 1. The fourth-order valence-electron chi connectivity index (χ4n) is 2.66. The predicted octanol–water partition coefficient (Wildman–Crippen LogP) is 0.943. The molecule has 0 saturated carbocycles. The predicted molar refractivity (Wildman–Crippen MR) is 87.9 cm³/mol. The van der Waals surface area contributed by atoms with Crippen LogP contribution in [0.5, 0.6) is 0 Å². The van der Waals surface area contributed by atoms with E-state index in [4.69, 9.17) is 0 Å². The molecule has 0 amide bonds. The minimum atomic E-state index is -3.43. The molecule has 0 bridgehead atoms. The molecule has 1 saturated heterocycles. The Morgan fingerprint density at radius 2 is 1.57 bits per heavy atom. The summed E-state index contributed by atoms with van der Waals surface area (Å²) in [5.74, 6) is 1.63. The molecule has 0 N–H and O–H groups in total. The molecule has 1 aromatic carbocycles. The van der Waals surface area contributed by atoms with Gasteiger partial charge in [-0.05, 0) is 26.0 Å². The molecule has 23 heavy (non-hydrogen) atoms. The second-order valence-electron chi connectivity index (χ2n) is 5.81. The van der Waals surface area contributed by atoms with E-state index in [1.807, 2.05) is 37.6 Å². The van der Waals surface area contributed by atoms with Gasteiger partial charge in [-0.15, -0.1) is 10.2 Å². The van der Waals surface area contributed by atoms with Crippen molar-refractivity contribution in [3.63, 3.8) is 0 Å². The number of aromatic nitrogens is 3. The van der Waals surface area contributed by atoms with E-state index in [1.165, 1.54) is 4.31 Å².